The van der Waals surface area contributed by atoms with Crippen LogP contribution >= 0.6 is 11.8 Å². The molecule has 0 radical (unpaired) electrons. The molecule has 2 aromatic rings. The molecule has 23 heavy (non-hydrogen) atoms. The number of amides is 2. The number of ether oxygens (including phenoxy) is 1. The van der Waals surface area contributed by atoms with E-state index in [2.05, 4.69) is 20.3 Å². The minimum absolute atomic E-state index is 0.00575. The van der Waals surface area contributed by atoms with Crippen LogP contribution < -0.4 is 5.32 Å². The van der Waals surface area contributed by atoms with E-state index in [-0.39, 0.29) is 18.2 Å². The summed E-state index contributed by atoms with van der Waals surface area (Å²) in [5.74, 6) is -0.270. The first-order chi connectivity index (χ1) is 11.0. The molecule has 1 heterocycles. The van der Waals surface area contributed by atoms with E-state index in [1.807, 2.05) is 0 Å². The van der Waals surface area contributed by atoms with E-state index in [4.69, 9.17) is 0 Å². The Balaban J connectivity index is 1.98. The summed E-state index contributed by atoms with van der Waals surface area (Å²) in [6, 6.07) is 5.87. The van der Waals surface area contributed by atoms with Gasteiger partial charge in [0.2, 0.25) is 5.91 Å². The number of hydrogen-bond acceptors (Lipinski definition) is 6. The maximum atomic E-state index is 12.9. The van der Waals surface area contributed by atoms with Gasteiger partial charge in [0.25, 0.3) is 0 Å². The van der Waals surface area contributed by atoms with E-state index < -0.39 is 12.0 Å². The van der Waals surface area contributed by atoms with Crippen LogP contribution in [0, 0.1) is 5.82 Å². The van der Waals surface area contributed by atoms with E-state index in [1.165, 1.54) is 12.1 Å². The largest absolute Gasteiger partial charge is 0.450 e. The molecule has 2 amide bonds. The second kappa shape index (κ2) is 7.73. The lowest BCUT2D eigenvalue weighted by Crippen LogP contribution is -2.32. The summed E-state index contributed by atoms with van der Waals surface area (Å²) in [7, 11) is 1.74. The summed E-state index contributed by atoms with van der Waals surface area (Å²) in [5.41, 5.74) is 0.712. The van der Waals surface area contributed by atoms with Gasteiger partial charge in [-0.3, -0.25) is 10.1 Å². The molecule has 0 aliphatic carbocycles. The molecule has 0 bridgehead atoms. The molecule has 0 aliphatic heterocycles. The zero-order chi connectivity index (χ0) is 16.8. The zero-order valence-corrected chi connectivity index (χ0v) is 13.4. The van der Waals surface area contributed by atoms with Crippen LogP contribution in [-0.4, -0.2) is 39.1 Å². The highest BCUT2D eigenvalue weighted by Gasteiger charge is 2.14. The number of halogens is 1. The van der Waals surface area contributed by atoms with Crippen molar-refractivity contribution in [2.45, 2.75) is 12.1 Å². The highest BCUT2D eigenvalue weighted by Crippen LogP contribution is 2.22. The number of imide groups is 1. The highest BCUT2D eigenvalue weighted by molar-refractivity contribution is 7.99. The van der Waals surface area contributed by atoms with Crippen molar-refractivity contribution in [3.63, 3.8) is 0 Å². The number of thioether (sulfide) groups is 1. The molecular formula is C14H15FN4O3S. The Hall–Kier alpha value is -2.42. The van der Waals surface area contributed by atoms with Crippen LogP contribution in [0.1, 0.15) is 6.92 Å². The van der Waals surface area contributed by atoms with Gasteiger partial charge in [0.15, 0.2) is 11.0 Å². The van der Waals surface area contributed by atoms with E-state index in [1.54, 1.807) is 30.7 Å². The Kier molecular flexibility index (Phi) is 5.69. The van der Waals surface area contributed by atoms with Crippen molar-refractivity contribution in [3.05, 3.63) is 30.1 Å². The minimum Gasteiger partial charge on any atom is -0.450 e. The Bertz CT molecular complexity index is 703. The van der Waals surface area contributed by atoms with Crippen LogP contribution in [0.25, 0.3) is 11.4 Å². The third-order valence-corrected chi connectivity index (χ3v) is 3.81. The highest BCUT2D eigenvalue weighted by atomic mass is 32.2. The predicted molar refractivity (Wildman–Crippen MR) is 82.3 cm³/mol. The monoisotopic (exact) mass is 338 g/mol. The third-order valence-electron chi connectivity index (χ3n) is 2.79. The van der Waals surface area contributed by atoms with Gasteiger partial charge in [-0.1, -0.05) is 11.8 Å². The molecule has 0 unspecified atom stereocenters. The van der Waals surface area contributed by atoms with Crippen LogP contribution in [0.15, 0.2) is 29.4 Å². The average molecular weight is 338 g/mol. The van der Waals surface area contributed by atoms with Gasteiger partial charge < -0.3 is 9.30 Å². The molecule has 0 spiro atoms. The fraction of sp³-hybridized carbons (Fsp3) is 0.286. The Labute approximate surface area is 136 Å². The van der Waals surface area contributed by atoms with Crippen LogP contribution in [0.4, 0.5) is 9.18 Å². The Morgan fingerprint density at radius 3 is 2.65 bits per heavy atom. The number of carbonyl (C=O) groups is 2. The quantitative estimate of drug-likeness (QED) is 0.839. The molecule has 1 N–H and O–H groups in total. The molecule has 2 rings (SSSR count). The van der Waals surface area contributed by atoms with Gasteiger partial charge in [-0.2, -0.15) is 0 Å². The lowest BCUT2D eigenvalue weighted by molar-refractivity contribution is -0.117. The molecule has 1 aromatic heterocycles. The molecule has 0 saturated heterocycles. The van der Waals surface area contributed by atoms with Gasteiger partial charge in [0.05, 0.1) is 12.4 Å². The number of rotatable bonds is 5. The maximum Gasteiger partial charge on any atom is 0.413 e. The minimum atomic E-state index is -0.775. The van der Waals surface area contributed by atoms with Crippen molar-refractivity contribution >= 4 is 23.8 Å². The first-order valence-corrected chi connectivity index (χ1v) is 7.74. The molecule has 7 nitrogen and oxygen atoms in total. The molecule has 0 fully saturated rings. The fourth-order valence-corrected chi connectivity index (χ4v) is 2.45. The molecule has 0 saturated carbocycles. The molecule has 0 atom stereocenters. The number of benzene rings is 1. The van der Waals surface area contributed by atoms with Crippen molar-refractivity contribution in [2.75, 3.05) is 12.4 Å². The van der Waals surface area contributed by atoms with Gasteiger partial charge >= 0.3 is 6.09 Å². The lowest BCUT2D eigenvalue weighted by Gasteiger charge is -2.05. The normalized spacial score (nSPS) is 10.4. The number of nitrogens with zero attached hydrogens (tertiary/aromatic N) is 3. The number of hydrogen-bond donors (Lipinski definition) is 1. The molecule has 122 valence electrons. The van der Waals surface area contributed by atoms with Crippen LogP contribution in [-0.2, 0) is 16.6 Å². The van der Waals surface area contributed by atoms with E-state index in [0.717, 1.165) is 11.8 Å². The van der Waals surface area contributed by atoms with Crippen LogP contribution in [0.2, 0.25) is 0 Å². The lowest BCUT2D eigenvalue weighted by atomic mass is 10.2. The van der Waals surface area contributed by atoms with Gasteiger partial charge in [-0.15, -0.1) is 10.2 Å². The van der Waals surface area contributed by atoms with E-state index >= 15 is 0 Å². The molecular weight excluding hydrogens is 323 g/mol. The maximum absolute atomic E-state index is 12.9. The summed E-state index contributed by atoms with van der Waals surface area (Å²) in [5, 5.41) is 10.6. The summed E-state index contributed by atoms with van der Waals surface area (Å²) in [6.07, 6.45) is -0.775. The zero-order valence-electron chi connectivity index (χ0n) is 12.6. The second-order valence-corrected chi connectivity index (χ2v) is 5.37. The Morgan fingerprint density at radius 2 is 2.00 bits per heavy atom. The third kappa shape index (κ3) is 4.52. The summed E-state index contributed by atoms with van der Waals surface area (Å²) in [6.45, 7) is 1.84. The van der Waals surface area contributed by atoms with E-state index in [9.17, 15) is 14.0 Å². The van der Waals surface area contributed by atoms with Crippen molar-refractivity contribution in [1.82, 2.24) is 20.1 Å². The standard InChI is InChI=1S/C14H15FN4O3S/c1-3-22-14(21)16-11(20)8-23-13-18-17-12(19(13)2)9-4-6-10(15)7-5-9/h4-7H,3,8H2,1-2H3,(H,16,20,21). The number of alkyl carbamates (subject to hydrolysis) is 1. The second-order valence-electron chi connectivity index (χ2n) is 4.43. The summed E-state index contributed by atoms with van der Waals surface area (Å²) >= 11 is 1.13. The Morgan fingerprint density at radius 1 is 1.30 bits per heavy atom. The topological polar surface area (TPSA) is 86.1 Å². The van der Waals surface area contributed by atoms with Gasteiger partial charge in [0.1, 0.15) is 5.82 Å². The first kappa shape index (κ1) is 16.9. The van der Waals surface area contributed by atoms with Crippen LogP contribution in [0.5, 0.6) is 0 Å². The van der Waals surface area contributed by atoms with Crippen molar-refractivity contribution in [1.29, 1.82) is 0 Å². The smallest absolute Gasteiger partial charge is 0.413 e. The van der Waals surface area contributed by atoms with Crippen LogP contribution in [0.3, 0.4) is 0 Å². The summed E-state index contributed by atoms with van der Waals surface area (Å²) in [4.78, 5) is 22.7. The molecule has 0 aliphatic rings. The predicted octanol–water partition coefficient (Wildman–Crippen LogP) is 1.99. The number of carbonyl (C=O) groups excluding carboxylic acids is 2. The van der Waals surface area contributed by atoms with Crippen molar-refractivity contribution in [2.24, 2.45) is 7.05 Å². The van der Waals surface area contributed by atoms with Crippen molar-refractivity contribution in [3.8, 4) is 11.4 Å². The fourth-order valence-electron chi connectivity index (χ4n) is 1.74. The molecule has 9 heteroatoms. The number of nitrogens with one attached hydrogen (secondary N) is 1. The van der Waals surface area contributed by atoms with Crippen molar-refractivity contribution < 1.29 is 18.7 Å². The van der Waals surface area contributed by atoms with E-state index in [0.29, 0.717) is 16.5 Å². The SMILES string of the molecule is CCOC(=O)NC(=O)CSc1nnc(-c2ccc(F)cc2)n1C. The van der Waals surface area contributed by atoms with Gasteiger partial charge in [-0.05, 0) is 31.2 Å². The molecule has 1 aromatic carbocycles. The van der Waals surface area contributed by atoms with Gasteiger partial charge in [-0.25, -0.2) is 9.18 Å². The first-order valence-electron chi connectivity index (χ1n) is 6.76. The average Bonchev–Trinajstić information content (AvgIpc) is 2.87. The number of aromatic nitrogens is 3. The summed E-state index contributed by atoms with van der Waals surface area (Å²) < 4.78 is 19.3. The van der Waals surface area contributed by atoms with Gasteiger partial charge in [0, 0.05) is 12.6 Å².